The quantitative estimate of drug-likeness (QED) is 0.139. The average molecular weight is 620 g/mol. The third kappa shape index (κ3) is 7.98. The monoisotopic (exact) mass is 617 g/mol. The van der Waals surface area contributed by atoms with Crippen LogP contribution < -0.4 is 0 Å². The van der Waals surface area contributed by atoms with Crippen LogP contribution in [0.2, 0.25) is 13.1 Å². The molecular weight excluding hydrogens is 589 g/mol. The Labute approximate surface area is 242 Å². The third-order valence-corrected chi connectivity index (χ3v) is 5.90. The van der Waals surface area contributed by atoms with Gasteiger partial charge in [0.05, 0.1) is 5.52 Å². The number of hydrogen-bond acceptors (Lipinski definition) is 1. The number of aromatic nitrogens is 1. The first-order valence-corrected chi connectivity index (χ1v) is 20.6. The number of halogens is 2. The Bertz CT molecular complexity index is 1500. The Kier molecular flexibility index (Phi) is 12.3. The number of fused-ring (bicyclic) bond motifs is 3. The summed E-state index contributed by atoms with van der Waals surface area (Å²) in [6, 6.07) is 34.5. The zero-order chi connectivity index (χ0) is 26.6. The summed E-state index contributed by atoms with van der Waals surface area (Å²) in [5, 5.41) is 6.53. The van der Waals surface area contributed by atoms with Crippen molar-refractivity contribution in [3.63, 3.8) is 0 Å². The Balaban J connectivity index is 0.000000197. The summed E-state index contributed by atoms with van der Waals surface area (Å²) in [5.41, 5.74) is 6.31. The van der Waals surface area contributed by atoms with E-state index in [1.165, 1.54) is 49.2 Å². The standard InChI is InChI=1S/C20H16N.C10H9.C2H6Si.2ClH.Zr/c1-2-14-12-16-7-4-9-17(19(16)13-14)18-10-3-6-15-8-5-11-21-20(15)18;1-8-6-9-4-2-3-5-10(9)7-8;1-3-2;;;/h3-13H,2H2,1H3;2-7H,1H3;1-2H3;2*1H;/q2*-1;;;;+4/p-2. The van der Waals surface area contributed by atoms with Crippen LogP contribution in [0.4, 0.5) is 0 Å². The summed E-state index contributed by atoms with van der Waals surface area (Å²) < 4.78 is 0. The molecule has 0 aliphatic rings. The number of rotatable bonds is 2. The molecule has 5 heteroatoms. The maximum absolute atomic E-state index is 4.93. The van der Waals surface area contributed by atoms with Gasteiger partial charge in [0.25, 0.3) is 0 Å². The number of benzene rings is 3. The Morgan fingerprint density at radius 3 is 2.14 bits per heavy atom. The van der Waals surface area contributed by atoms with Crippen molar-refractivity contribution in [2.75, 3.05) is 0 Å². The summed E-state index contributed by atoms with van der Waals surface area (Å²) in [4.78, 5) is 4.59. The molecule has 1 heterocycles. The van der Waals surface area contributed by atoms with Crippen molar-refractivity contribution in [1.82, 2.24) is 4.98 Å². The second kappa shape index (κ2) is 15.4. The molecule has 0 aliphatic heterocycles. The van der Waals surface area contributed by atoms with Crippen molar-refractivity contribution < 1.29 is 20.8 Å². The van der Waals surface area contributed by atoms with E-state index in [9.17, 15) is 0 Å². The van der Waals surface area contributed by atoms with Gasteiger partial charge in [-0.3, -0.25) is 4.98 Å². The molecule has 6 aromatic rings. The minimum absolute atomic E-state index is 0.826. The van der Waals surface area contributed by atoms with Crippen molar-refractivity contribution in [1.29, 1.82) is 0 Å². The molecule has 5 aromatic carbocycles. The van der Waals surface area contributed by atoms with Gasteiger partial charge in [0.15, 0.2) is 0 Å². The van der Waals surface area contributed by atoms with E-state index in [0.29, 0.717) is 0 Å². The topological polar surface area (TPSA) is 12.9 Å². The van der Waals surface area contributed by atoms with Gasteiger partial charge in [-0.05, 0) is 18.1 Å². The van der Waals surface area contributed by atoms with Gasteiger partial charge in [-0.15, -0.1) is 75.1 Å². The molecule has 2 radical (unpaired) electrons. The summed E-state index contributed by atoms with van der Waals surface area (Å²) in [6.45, 7) is 8.63. The third-order valence-electron chi connectivity index (χ3n) is 5.90. The van der Waals surface area contributed by atoms with Gasteiger partial charge in [-0.1, -0.05) is 68.9 Å². The molecule has 0 fully saturated rings. The van der Waals surface area contributed by atoms with Crippen molar-refractivity contribution in [2.24, 2.45) is 0 Å². The molecule has 0 spiro atoms. The first kappa shape index (κ1) is 29.5. The van der Waals surface area contributed by atoms with Gasteiger partial charge in [0.1, 0.15) is 0 Å². The summed E-state index contributed by atoms with van der Waals surface area (Å²) in [5.74, 6) is 0. The van der Waals surface area contributed by atoms with Crippen LogP contribution in [0.15, 0.2) is 103 Å². The molecule has 0 aliphatic carbocycles. The average Bonchev–Trinajstić information content (AvgIpc) is 3.52. The maximum atomic E-state index is 4.93. The molecule has 1 aromatic heterocycles. The molecule has 0 atom stereocenters. The van der Waals surface area contributed by atoms with E-state index >= 15 is 0 Å². The number of aryl methyl sites for hydroxylation is 2. The van der Waals surface area contributed by atoms with Gasteiger partial charge < -0.3 is 0 Å². The van der Waals surface area contributed by atoms with E-state index in [1.807, 2.05) is 12.3 Å². The fourth-order valence-corrected chi connectivity index (χ4v) is 4.36. The number of nitrogens with zero attached hydrogens (tertiary/aromatic N) is 1. The van der Waals surface area contributed by atoms with E-state index in [0.717, 1.165) is 21.5 Å². The molecule has 0 saturated heterocycles. The van der Waals surface area contributed by atoms with Crippen LogP contribution >= 0.6 is 17.0 Å². The molecule has 0 N–H and O–H groups in total. The van der Waals surface area contributed by atoms with Crippen LogP contribution in [0.1, 0.15) is 18.1 Å². The molecule has 1 nitrogen and oxygen atoms in total. The molecule has 0 bridgehead atoms. The fourth-order valence-electron chi connectivity index (χ4n) is 4.36. The number of hydrogen-bond donors (Lipinski definition) is 0. The summed E-state index contributed by atoms with van der Waals surface area (Å²) in [7, 11) is 11.0. The first-order valence-electron chi connectivity index (χ1n) is 12.3. The van der Waals surface area contributed by atoms with Gasteiger partial charge in [0.2, 0.25) is 0 Å². The van der Waals surface area contributed by atoms with Gasteiger partial charge in [-0.2, -0.15) is 12.1 Å². The Hall–Kier alpha value is -2.03. The molecule has 0 amide bonds. The van der Waals surface area contributed by atoms with Crippen LogP contribution in [-0.4, -0.2) is 14.5 Å². The Morgan fingerprint density at radius 1 is 0.784 bits per heavy atom. The molecule has 0 unspecified atom stereocenters. The van der Waals surface area contributed by atoms with Crippen LogP contribution in [0, 0.1) is 6.92 Å². The van der Waals surface area contributed by atoms with Crippen molar-refractivity contribution in [3.05, 3.63) is 114 Å². The van der Waals surface area contributed by atoms with Crippen LogP contribution in [0.3, 0.4) is 0 Å². The molecular formula is C32H31Cl2NSiZr. The zero-order valence-electron chi connectivity index (χ0n) is 21.7. The summed E-state index contributed by atoms with van der Waals surface area (Å²) >= 11 is -0.826. The predicted molar refractivity (Wildman–Crippen MR) is 163 cm³/mol. The Morgan fingerprint density at radius 2 is 1.41 bits per heavy atom. The van der Waals surface area contributed by atoms with E-state index in [2.05, 4.69) is 123 Å². The van der Waals surface area contributed by atoms with Crippen LogP contribution in [-0.2, 0) is 27.3 Å². The van der Waals surface area contributed by atoms with Crippen molar-refractivity contribution in [2.45, 2.75) is 33.4 Å². The second-order valence-electron chi connectivity index (χ2n) is 8.64. The van der Waals surface area contributed by atoms with Crippen molar-refractivity contribution >= 4 is 59.0 Å². The van der Waals surface area contributed by atoms with E-state index in [4.69, 9.17) is 17.0 Å². The van der Waals surface area contributed by atoms with Gasteiger partial charge >= 0.3 is 37.9 Å². The predicted octanol–water partition coefficient (Wildman–Crippen LogP) is 10.4. The number of pyridine rings is 1. The first-order chi connectivity index (χ1) is 18.1. The molecule has 37 heavy (non-hydrogen) atoms. The molecule has 0 saturated carbocycles. The normalized spacial score (nSPS) is 10.0. The number of para-hydroxylation sites is 1. The second-order valence-corrected chi connectivity index (χ2v) is 13.4. The van der Waals surface area contributed by atoms with Crippen LogP contribution in [0.25, 0.3) is 43.6 Å². The van der Waals surface area contributed by atoms with Gasteiger partial charge in [0, 0.05) is 21.1 Å². The van der Waals surface area contributed by atoms with Crippen molar-refractivity contribution in [3.8, 4) is 11.1 Å². The fraction of sp³-hybridized carbons (Fsp3) is 0.156. The van der Waals surface area contributed by atoms with E-state index < -0.39 is 20.8 Å². The SMILES string of the molecule is CCc1cc2c(-c3cccc4cccnc34)cccc2[cH-]1.C[Si]C.Cc1cc2ccccc2[cH-]1.[Cl][Zr+2][Cl]. The molecule has 6 rings (SSSR count). The minimum atomic E-state index is -0.826. The van der Waals surface area contributed by atoms with Crippen LogP contribution in [0.5, 0.6) is 0 Å². The molecule has 186 valence electrons. The zero-order valence-corrected chi connectivity index (χ0v) is 26.7. The summed E-state index contributed by atoms with van der Waals surface area (Å²) in [6.07, 6.45) is 2.94. The van der Waals surface area contributed by atoms with E-state index in [1.54, 1.807) is 0 Å². The van der Waals surface area contributed by atoms with Gasteiger partial charge in [-0.25, -0.2) is 0 Å². The van der Waals surface area contributed by atoms with E-state index in [-0.39, 0.29) is 0 Å².